The van der Waals surface area contributed by atoms with Crippen LogP contribution in [0, 0.1) is 76.2 Å². The number of aromatic nitrogens is 6. The van der Waals surface area contributed by atoms with E-state index in [0.29, 0.717) is 29.6 Å². The Hall–Kier alpha value is -12.9. The summed E-state index contributed by atoms with van der Waals surface area (Å²) in [6.07, 6.45) is 16.4. The van der Waals surface area contributed by atoms with E-state index in [2.05, 4.69) is 513 Å². The van der Waals surface area contributed by atoms with Gasteiger partial charge in [-0.15, -0.1) is 0 Å². The maximum Gasteiger partial charge on any atom is 0.220 e. The van der Waals surface area contributed by atoms with Crippen LogP contribution in [0.15, 0.2) is 298 Å². The summed E-state index contributed by atoms with van der Waals surface area (Å²) in [5.41, 5.74) is 39.3. The Morgan fingerprint density at radius 1 is 0.241 bits per heavy atom. The zero-order valence-electron chi connectivity index (χ0n) is 84.8. The molecule has 0 bridgehead atoms. The van der Waals surface area contributed by atoms with E-state index < -0.39 is 0 Å². The van der Waals surface area contributed by atoms with Crippen LogP contribution in [-0.4, -0.2) is 0 Å². The van der Waals surface area contributed by atoms with Gasteiger partial charge in [0.1, 0.15) is 42.3 Å². The highest BCUT2D eigenvalue weighted by Gasteiger charge is 2.32. The molecular weight excluding hydrogens is 1610 g/mol. The average molecular weight is 1750 g/mol. The van der Waals surface area contributed by atoms with Gasteiger partial charge in [0.2, 0.25) is 34.2 Å². The number of hydrogen-bond donors (Lipinski definition) is 0. The van der Waals surface area contributed by atoms with E-state index in [-0.39, 0.29) is 0 Å². The first-order chi connectivity index (χ1) is 63.7. The molecule has 6 aromatic heterocycles. The van der Waals surface area contributed by atoms with Crippen molar-refractivity contribution in [1.29, 1.82) is 0 Å². The lowest BCUT2D eigenvalue weighted by atomic mass is 9.88. The fraction of sp³-hybridized carbons (Fsp3) is 0.291. The van der Waals surface area contributed by atoms with Crippen LogP contribution in [0.4, 0.5) is 0 Å². The molecule has 1 saturated carbocycles. The fourth-order valence-corrected chi connectivity index (χ4v) is 20.4. The SMILES string of the molecule is Cc1cc(C)c(C)c(-c2c3cc(C(C)C)ccc3cc[n+]2C)c1.Cc1cc(C)c(C)c(-c2c3ccccc3c(C3CCCC3)c(C)[n+]2C)c1.Cc1ccccc1-c1c2cc(C(C)C)ccc2cc[n+]1C.Cc1ccccc1-c1c2ccc(C(C)C)cc2cc[n+]1C.Cc1ccccc1-c1c2cccc(C(C)C)c2cc[n+]1C.Cc1ccccc1-c1c2ccccc2c(C(C)C)c[n+]1C. The van der Waals surface area contributed by atoms with Gasteiger partial charge in [-0.1, -0.05) is 263 Å². The zero-order chi connectivity index (χ0) is 95.1. The highest BCUT2D eigenvalue weighted by Crippen LogP contribution is 2.44. The van der Waals surface area contributed by atoms with Gasteiger partial charge in [-0.3, -0.25) is 0 Å². The Labute approximate surface area is 795 Å². The molecule has 1 fully saturated rings. The summed E-state index contributed by atoms with van der Waals surface area (Å²) < 4.78 is 13.7. The van der Waals surface area contributed by atoms with Gasteiger partial charge in [0.05, 0.1) is 43.4 Å². The van der Waals surface area contributed by atoms with E-state index in [1.54, 1.807) is 5.56 Å². The fourth-order valence-electron chi connectivity index (χ4n) is 20.4. The molecule has 6 heterocycles. The minimum Gasteiger partial charge on any atom is -0.200 e. The largest absolute Gasteiger partial charge is 0.220 e. The number of benzene rings is 12. The second-order valence-corrected chi connectivity index (χ2v) is 39.5. The molecule has 18 aromatic rings. The van der Waals surface area contributed by atoms with Gasteiger partial charge in [-0.25, -0.2) is 22.8 Å². The highest BCUT2D eigenvalue weighted by molar-refractivity contribution is 6.00. The lowest BCUT2D eigenvalue weighted by Gasteiger charge is -2.18. The Morgan fingerprint density at radius 2 is 0.579 bits per heavy atom. The normalized spacial score (nSPS) is 12.1. The number of hydrogen-bond acceptors (Lipinski definition) is 0. The summed E-state index contributed by atoms with van der Waals surface area (Å²) in [4.78, 5) is 0. The molecule has 676 valence electrons. The molecule has 1 aliphatic carbocycles. The molecule has 0 atom stereocenters. The second kappa shape index (κ2) is 41.9. The van der Waals surface area contributed by atoms with Crippen molar-refractivity contribution in [3.05, 3.63) is 393 Å². The Balaban J connectivity index is 0.000000128. The first-order valence-corrected chi connectivity index (χ1v) is 48.6. The zero-order valence-corrected chi connectivity index (χ0v) is 84.8. The van der Waals surface area contributed by atoms with Gasteiger partial charge in [0.15, 0.2) is 36.7 Å². The molecule has 19 rings (SSSR count). The van der Waals surface area contributed by atoms with Crippen molar-refractivity contribution in [1.82, 2.24) is 0 Å². The van der Waals surface area contributed by atoms with Crippen LogP contribution in [-0.2, 0) is 42.3 Å². The van der Waals surface area contributed by atoms with Crippen LogP contribution in [0.25, 0.3) is 132 Å². The third kappa shape index (κ3) is 20.7. The van der Waals surface area contributed by atoms with E-state index in [9.17, 15) is 0 Å². The standard InChI is InChI=1S/C25H30N.C22H26N.4C20H22N/c1-16-14-17(2)18(3)23(15-16)25-22-13-9-8-12-21(22)24(19(4)26(25)5)20-10-6-7-11-20;1-14(2)19-8-7-18-9-10-23(6)22(21(18)13-19)20-12-15(3)11-16(4)17(20)5;1-14(2)19-13-21(4)20(16-10-6-5-9-15(16)3)18-12-8-7-11-17(18)19;1-14(2)16-10-7-11-19-18(16)12-13-21(4)20(19)17-9-6-5-8-15(17)3;1-14(2)16-9-10-19-17(13-16)11-12-21(4)20(19)18-8-6-5-7-15(18)3;1-14(2)17-10-9-16-11-12-21(4)20(19(16)13-17)18-8-6-5-7-15(18)3/h8-9,12-15,20H,6-7,10-11H2,1-5H3;7-14H,1-6H3;4*5-14H,1-4H3/q6*+1. The van der Waals surface area contributed by atoms with Gasteiger partial charge in [-0.05, 0) is 289 Å². The molecule has 6 nitrogen and oxygen atoms in total. The summed E-state index contributed by atoms with van der Waals surface area (Å²) in [5, 5.41) is 16.2. The maximum atomic E-state index is 2.46. The molecule has 0 aliphatic heterocycles. The number of pyridine rings is 6. The number of nitrogens with zero attached hydrogens (tertiary/aromatic N) is 6. The number of rotatable bonds is 12. The monoisotopic (exact) mass is 1750 g/mol. The third-order valence-corrected chi connectivity index (χ3v) is 28.3. The molecule has 6 heteroatoms. The van der Waals surface area contributed by atoms with E-state index in [1.807, 2.05) is 0 Å². The summed E-state index contributed by atoms with van der Waals surface area (Å²) in [6, 6.07) is 97.6. The molecule has 0 unspecified atom stereocenters. The predicted molar refractivity (Wildman–Crippen MR) is 567 cm³/mol. The van der Waals surface area contributed by atoms with Crippen LogP contribution >= 0.6 is 0 Å². The van der Waals surface area contributed by atoms with Crippen molar-refractivity contribution < 1.29 is 27.4 Å². The van der Waals surface area contributed by atoms with Crippen LogP contribution in [0.3, 0.4) is 0 Å². The predicted octanol–water partition coefficient (Wildman–Crippen LogP) is 30.7. The molecule has 0 radical (unpaired) electrons. The summed E-state index contributed by atoms with van der Waals surface area (Å²) in [7, 11) is 12.9. The highest BCUT2D eigenvalue weighted by atomic mass is 15.0. The molecule has 0 saturated heterocycles. The van der Waals surface area contributed by atoms with Crippen LogP contribution in [0.5, 0.6) is 0 Å². The molecule has 0 spiro atoms. The van der Waals surface area contributed by atoms with Gasteiger partial charge in [-0.2, -0.15) is 4.57 Å². The quantitative estimate of drug-likeness (QED) is 0.109. The first-order valence-electron chi connectivity index (χ1n) is 48.6. The Bertz CT molecular complexity index is 7190. The smallest absolute Gasteiger partial charge is 0.200 e. The molecule has 0 N–H and O–H groups in total. The third-order valence-electron chi connectivity index (χ3n) is 28.3. The van der Waals surface area contributed by atoms with Crippen LogP contribution in [0.1, 0.15) is 225 Å². The van der Waals surface area contributed by atoms with E-state index >= 15 is 0 Å². The van der Waals surface area contributed by atoms with Crippen molar-refractivity contribution in [2.45, 2.75) is 207 Å². The maximum absolute atomic E-state index is 2.46. The second-order valence-electron chi connectivity index (χ2n) is 39.5. The number of fused-ring (bicyclic) bond motifs is 6. The summed E-state index contributed by atoms with van der Waals surface area (Å²) in [6.45, 7) is 46.9. The van der Waals surface area contributed by atoms with Crippen molar-refractivity contribution >= 4 is 64.6 Å². The van der Waals surface area contributed by atoms with Crippen molar-refractivity contribution in [2.75, 3.05) is 0 Å². The minimum absolute atomic E-state index is 0.520. The van der Waals surface area contributed by atoms with Crippen molar-refractivity contribution in [3.8, 4) is 67.5 Å². The Kier molecular flexibility index (Phi) is 30.3. The van der Waals surface area contributed by atoms with Crippen molar-refractivity contribution in [3.63, 3.8) is 0 Å². The van der Waals surface area contributed by atoms with Gasteiger partial charge >= 0.3 is 0 Å². The molecular formula is C127H144N6+6. The molecule has 1 aliphatic rings. The van der Waals surface area contributed by atoms with Gasteiger partial charge < -0.3 is 0 Å². The minimum atomic E-state index is 0.520. The number of aryl methyl sites for hydroxylation is 13. The van der Waals surface area contributed by atoms with Crippen LogP contribution < -0.4 is 27.4 Å². The van der Waals surface area contributed by atoms with Crippen LogP contribution in [0.2, 0.25) is 0 Å². The lowest BCUT2D eigenvalue weighted by molar-refractivity contribution is -0.666. The lowest BCUT2D eigenvalue weighted by Crippen LogP contribution is -2.37. The molecule has 12 aromatic carbocycles. The van der Waals surface area contributed by atoms with E-state index in [4.69, 9.17) is 0 Å². The summed E-state index contributed by atoms with van der Waals surface area (Å²) >= 11 is 0. The average Bonchev–Trinajstić information content (AvgIpc) is 1.59. The topological polar surface area (TPSA) is 23.3 Å². The van der Waals surface area contributed by atoms with Gasteiger partial charge in [0, 0.05) is 64.6 Å². The van der Waals surface area contributed by atoms with E-state index in [1.165, 1.54) is 247 Å². The van der Waals surface area contributed by atoms with Crippen molar-refractivity contribution in [2.24, 2.45) is 42.3 Å². The van der Waals surface area contributed by atoms with E-state index in [0.717, 1.165) is 5.92 Å². The Morgan fingerprint density at radius 3 is 1.02 bits per heavy atom. The summed E-state index contributed by atoms with van der Waals surface area (Å²) in [5.74, 6) is 3.42. The molecule has 0 amide bonds. The first kappa shape index (κ1) is 96.2. The molecule has 133 heavy (non-hydrogen) atoms. The van der Waals surface area contributed by atoms with Gasteiger partial charge in [0.25, 0.3) is 0 Å².